The zero-order valence-corrected chi connectivity index (χ0v) is 5.99. The van der Waals surface area contributed by atoms with E-state index in [1.807, 2.05) is 0 Å². The first kappa shape index (κ1) is 8.47. The third kappa shape index (κ3) is 3.12. The highest BCUT2D eigenvalue weighted by Gasteiger charge is 1.92. The second-order valence-electron chi connectivity index (χ2n) is 1.54. The second-order valence-corrected chi connectivity index (χ2v) is 1.99. The number of halogens is 1. The summed E-state index contributed by atoms with van der Waals surface area (Å²) in [5, 5.41) is 0.484. The molecular weight excluding hydrogens is 134 g/mol. The molecule has 0 bridgehead atoms. The molecular formula is C7H10ClN. The molecule has 0 aliphatic heterocycles. The van der Waals surface area contributed by atoms with E-state index in [1.54, 1.807) is 12.2 Å². The number of hydrogen-bond acceptors (Lipinski definition) is 1. The van der Waals surface area contributed by atoms with E-state index < -0.39 is 0 Å². The topological polar surface area (TPSA) is 26.0 Å². The van der Waals surface area contributed by atoms with Gasteiger partial charge in [0.15, 0.2) is 0 Å². The minimum absolute atomic E-state index is 0.411. The highest BCUT2D eigenvalue weighted by molar-refractivity contribution is 6.31. The third-order valence-corrected chi connectivity index (χ3v) is 1.13. The summed E-state index contributed by atoms with van der Waals surface area (Å²) in [6.45, 7) is 7.42. The van der Waals surface area contributed by atoms with Crippen LogP contribution in [0.2, 0.25) is 0 Å². The Hall–Kier alpha value is -0.530. The molecule has 2 heteroatoms. The summed E-state index contributed by atoms with van der Waals surface area (Å²) in [5.74, 6) is 0. The summed E-state index contributed by atoms with van der Waals surface area (Å²) in [6.07, 6.45) is 3.38. The van der Waals surface area contributed by atoms with Crippen molar-refractivity contribution in [3.63, 3.8) is 0 Å². The maximum absolute atomic E-state index is 5.53. The van der Waals surface area contributed by atoms with Crippen LogP contribution in [0.4, 0.5) is 0 Å². The molecule has 0 aromatic heterocycles. The summed E-state index contributed by atoms with van der Waals surface area (Å²) in [5.41, 5.74) is 6.12. The number of allylic oxidation sites excluding steroid dienone is 2. The Bertz CT molecular complexity index is 147. The van der Waals surface area contributed by atoms with Crippen molar-refractivity contribution in [1.29, 1.82) is 0 Å². The molecule has 0 heterocycles. The molecule has 0 saturated carbocycles. The van der Waals surface area contributed by atoms with Gasteiger partial charge in [0.2, 0.25) is 0 Å². The number of rotatable bonds is 3. The van der Waals surface area contributed by atoms with Crippen molar-refractivity contribution in [2.45, 2.75) is 0 Å². The van der Waals surface area contributed by atoms with Crippen molar-refractivity contribution in [3.8, 4) is 0 Å². The molecule has 0 rings (SSSR count). The van der Waals surface area contributed by atoms with Gasteiger partial charge in [-0.1, -0.05) is 36.9 Å². The summed E-state index contributed by atoms with van der Waals surface area (Å²) >= 11 is 5.53. The van der Waals surface area contributed by atoms with Crippen LogP contribution in [0.1, 0.15) is 0 Å². The lowest BCUT2D eigenvalue weighted by molar-refractivity contribution is 1.18. The molecule has 0 aliphatic carbocycles. The summed E-state index contributed by atoms with van der Waals surface area (Å²) in [4.78, 5) is 0. The lowest BCUT2D eigenvalue weighted by Crippen LogP contribution is -2.02. The van der Waals surface area contributed by atoms with E-state index >= 15 is 0 Å². The fourth-order valence-corrected chi connectivity index (χ4v) is 0.552. The molecule has 0 spiro atoms. The normalized spacial score (nSPS) is 11.1. The van der Waals surface area contributed by atoms with Crippen LogP contribution in [0.25, 0.3) is 0 Å². The minimum atomic E-state index is 0.411. The van der Waals surface area contributed by atoms with Crippen LogP contribution in [-0.4, -0.2) is 6.54 Å². The highest BCUT2D eigenvalue weighted by Crippen LogP contribution is 2.09. The predicted octanol–water partition coefficient (Wildman–Crippen LogP) is 1.81. The van der Waals surface area contributed by atoms with Gasteiger partial charge in [-0.3, -0.25) is 0 Å². The monoisotopic (exact) mass is 143 g/mol. The molecule has 0 fully saturated rings. The van der Waals surface area contributed by atoms with Gasteiger partial charge in [-0.15, -0.1) is 0 Å². The maximum atomic E-state index is 5.53. The SMILES string of the molecule is C=C/C=C(/CN)C(=C)Cl. The van der Waals surface area contributed by atoms with E-state index in [-0.39, 0.29) is 0 Å². The summed E-state index contributed by atoms with van der Waals surface area (Å²) in [6, 6.07) is 0. The van der Waals surface area contributed by atoms with Crippen molar-refractivity contribution in [3.05, 3.63) is 35.9 Å². The van der Waals surface area contributed by atoms with Gasteiger partial charge in [0, 0.05) is 11.6 Å². The Morgan fingerprint density at radius 1 is 1.67 bits per heavy atom. The third-order valence-electron chi connectivity index (χ3n) is 0.887. The standard InChI is InChI=1S/C7H10ClN/c1-3-4-7(5-9)6(2)8/h3-4H,1-2,5,9H2/b7-4-. The average Bonchev–Trinajstić information content (AvgIpc) is 1.82. The Kier molecular flexibility index (Phi) is 4.10. The van der Waals surface area contributed by atoms with E-state index in [0.29, 0.717) is 11.6 Å². The maximum Gasteiger partial charge on any atom is 0.0379 e. The Balaban J connectivity index is 4.14. The largest absolute Gasteiger partial charge is 0.326 e. The van der Waals surface area contributed by atoms with Gasteiger partial charge >= 0.3 is 0 Å². The van der Waals surface area contributed by atoms with Gasteiger partial charge in [-0.05, 0) is 5.57 Å². The molecule has 0 radical (unpaired) electrons. The first-order valence-electron chi connectivity index (χ1n) is 2.58. The van der Waals surface area contributed by atoms with E-state index in [9.17, 15) is 0 Å². The first-order chi connectivity index (χ1) is 4.22. The average molecular weight is 144 g/mol. The lowest BCUT2D eigenvalue weighted by Gasteiger charge is -1.96. The van der Waals surface area contributed by atoms with Gasteiger partial charge in [-0.25, -0.2) is 0 Å². The summed E-state index contributed by atoms with van der Waals surface area (Å²) < 4.78 is 0. The molecule has 0 atom stereocenters. The van der Waals surface area contributed by atoms with Crippen molar-refractivity contribution in [1.82, 2.24) is 0 Å². The van der Waals surface area contributed by atoms with Gasteiger partial charge in [0.1, 0.15) is 0 Å². The molecule has 50 valence electrons. The smallest absolute Gasteiger partial charge is 0.0379 e. The van der Waals surface area contributed by atoms with Crippen molar-refractivity contribution in [2.75, 3.05) is 6.54 Å². The molecule has 0 amide bonds. The van der Waals surface area contributed by atoms with E-state index in [4.69, 9.17) is 17.3 Å². The van der Waals surface area contributed by atoms with Crippen LogP contribution in [0.5, 0.6) is 0 Å². The molecule has 0 aliphatic rings. The Labute approximate surface area is 60.5 Å². The van der Waals surface area contributed by atoms with Gasteiger partial charge < -0.3 is 5.73 Å². The molecule has 0 aromatic carbocycles. The summed E-state index contributed by atoms with van der Waals surface area (Å²) in [7, 11) is 0. The molecule has 0 aromatic rings. The van der Waals surface area contributed by atoms with Gasteiger partial charge in [0.05, 0.1) is 0 Å². The molecule has 9 heavy (non-hydrogen) atoms. The molecule has 1 nitrogen and oxygen atoms in total. The zero-order valence-electron chi connectivity index (χ0n) is 5.23. The number of nitrogens with two attached hydrogens (primary N) is 1. The van der Waals surface area contributed by atoms with E-state index in [0.717, 1.165) is 5.57 Å². The lowest BCUT2D eigenvalue weighted by atomic mass is 10.2. The van der Waals surface area contributed by atoms with Crippen molar-refractivity contribution < 1.29 is 0 Å². The van der Waals surface area contributed by atoms with Crippen LogP contribution in [0.3, 0.4) is 0 Å². The van der Waals surface area contributed by atoms with Crippen molar-refractivity contribution >= 4 is 11.6 Å². The quantitative estimate of drug-likeness (QED) is 0.600. The molecule has 2 N–H and O–H groups in total. The Morgan fingerprint density at radius 3 is 2.33 bits per heavy atom. The highest BCUT2D eigenvalue weighted by atomic mass is 35.5. The fraction of sp³-hybridized carbons (Fsp3) is 0.143. The molecule has 0 saturated heterocycles. The minimum Gasteiger partial charge on any atom is -0.326 e. The van der Waals surface area contributed by atoms with Crippen LogP contribution < -0.4 is 5.73 Å². The van der Waals surface area contributed by atoms with Crippen molar-refractivity contribution in [2.24, 2.45) is 5.73 Å². The van der Waals surface area contributed by atoms with Gasteiger partial charge in [-0.2, -0.15) is 0 Å². The van der Waals surface area contributed by atoms with E-state index in [1.165, 1.54) is 0 Å². The molecule has 0 unspecified atom stereocenters. The number of hydrogen-bond donors (Lipinski definition) is 1. The first-order valence-corrected chi connectivity index (χ1v) is 2.96. The van der Waals surface area contributed by atoms with Crippen LogP contribution in [0, 0.1) is 0 Å². The van der Waals surface area contributed by atoms with Crippen LogP contribution in [0.15, 0.2) is 35.9 Å². The van der Waals surface area contributed by atoms with E-state index in [2.05, 4.69) is 13.2 Å². The second kappa shape index (κ2) is 4.36. The Morgan fingerprint density at radius 2 is 2.22 bits per heavy atom. The zero-order chi connectivity index (χ0) is 7.28. The predicted molar refractivity (Wildman–Crippen MR) is 42.3 cm³/mol. The fourth-order valence-electron chi connectivity index (χ4n) is 0.411. The van der Waals surface area contributed by atoms with Gasteiger partial charge in [0.25, 0.3) is 0 Å². The van der Waals surface area contributed by atoms with Crippen LogP contribution >= 0.6 is 11.6 Å². The van der Waals surface area contributed by atoms with Crippen LogP contribution in [-0.2, 0) is 0 Å².